The standard InChI is InChI=1S/C17H14ClNO4S/c1-24-12-7-8-14(18)13(9-12)17(22)23-10-15(20)19-16(21)11-5-3-2-4-6-11/h2-9H,10H2,1H3,(H,19,20,21). The minimum absolute atomic E-state index is 0.172. The maximum Gasteiger partial charge on any atom is 0.340 e. The fourth-order valence-electron chi connectivity index (χ4n) is 1.82. The highest BCUT2D eigenvalue weighted by atomic mass is 35.5. The van der Waals surface area contributed by atoms with Crippen molar-refractivity contribution in [1.82, 2.24) is 5.32 Å². The maximum atomic E-state index is 12.0. The SMILES string of the molecule is CSc1ccc(Cl)c(C(=O)OCC(=O)NC(=O)c2ccccc2)c1. The second-order valence-electron chi connectivity index (χ2n) is 4.67. The largest absolute Gasteiger partial charge is 0.452 e. The Kier molecular flexibility index (Phi) is 6.40. The van der Waals surface area contributed by atoms with Gasteiger partial charge in [-0.2, -0.15) is 0 Å². The molecule has 0 atom stereocenters. The van der Waals surface area contributed by atoms with Gasteiger partial charge in [0.25, 0.3) is 11.8 Å². The van der Waals surface area contributed by atoms with Crippen molar-refractivity contribution < 1.29 is 19.1 Å². The summed E-state index contributed by atoms with van der Waals surface area (Å²) in [6.07, 6.45) is 1.86. The fraction of sp³-hybridized carbons (Fsp3) is 0.118. The number of carbonyl (C=O) groups is 3. The Labute approximate surface area is 148 Å². The van der Waals surface area contributed by atoms with Crippen molar-refractivity contribution in [2.75, 3.05) is 12.9 Å². The Morgan fingerprint density at radius 3 is 2.50 bits per heavy atom. The average molecular weight is 364 g/mol. The van der Waals surface area contributed by atoms with Crippen LogP contribution in [0.15, 0.2) is 53.4 Å². The van der Waals surface area contributed by atoms with E-state index in [1.54, 1.807) is 48.5 Å². The molecule has 0 aromatic heterocycles. The topological polar surface area (TPSA) is 72.5 Å². The highest BCUT2D eigenvalue weighted by Gasteiger charge is 2.16. The van der Waals surface area contributed by atoms with Crippen LogP contribution in [0.25, 0.3) is 0 Å². The number of hydrogen-bond donors (Lipinski definition) is 1. The summed E-state index contributed by atoms with van der Waals surface area (Å²) in [7, 11) is 0. The molecule has 0 aliphatic heterocycles. The van der Waals surface area contributed by atoms with Gasteiger partial charge in [0.15, 0.2) is 6.61 Å². The Morgan fingerprint density at radius 1 is 1.12 bits per heavy atom. The molecule has 0 saturated heterocycles. The Morgan fingerprint density at radius 2 is 1.83 bits per heavy atom. The second-order valence-corrected chi connectivity index (χ2v) is 5.95. The molecule has 2 aromatic carbocycles. The molecule has 5 nitrogen and oxygen atoms in total. The first kappa shape index (κ1) is 18.0. The number of carbonyl (C=O) groups excluding carboxylic acids is 3. The molecule has 0 fully saturated rings. The van der Waals surface area contributed by atoms with Crippen LogP contribution in [0.3, 0.4) is 0 Å². The summed E-state index contributed by atoms with van der Waals surface area (Å²) in [6, 6.07) is 13.2. The smallest absolute Gasteiger partial charge is 0.340 e. The van der Waals surface area contributed by atoms with Crippen LogP contribution in [0.2, 0.25) is 5.02 Å². The molecule has 1 N–H and O–H groups in total. The van der Waals surface area contributed by atoms with E-state index in [0.717, 1.165) is 4.90 Å². The quantitative estimate of drug-likeness (QED) is 0.652. The third-order valence-corrected chi connectivity index (χ3v) is 4.07. The van der Waals surface area contributed by atoms with Crippen LogP contribution in [-0.4, -0.2) is 30.6 Å². The van der Waals surface area contributed by atoms with E-state index < -0.39 is 24.4 Å². The molecule has 7 heteroatoms. The third-order valence-electron chi connectivity index (χ3n) is 3.02. The van der Waals surface area contributed by atoms with Crippen molar-refractivity contribution >= 4 is 41.1 Å². The zero-order valence-electron chi connectivity index (χ0n) is 12.7. The van der Waals surface area contributed by atoms with Gasteiger partial charge in [0, 0.05) is 10.5 Å². The van der Waals surface area contributed by atoms with Crippen LogP contribution in [0.4, 0.5) is 0 Å². The van der Waals surface area contributed by atoms with Gasteiger partial charge in [0.2, 0.25) is 0 Å². The number of ether oxygens (including phenoxy) is 1. The molecule has 0 aliphatic rings. The van der Waals surface area contributed by atoms with E-state index in [4.69, 9.17) is 16.3 Å². The zero-order valence-corrected chi connectivity index (χ0v) is 14.3. The van der Waals surface area contributed by atoms with Gasteiger partial charge in [-0.15, -0.1) is 11.8 Å². The second kappa shape index (κ2) is 8.52. The molecule has 2 aromatic rings. The minimum atomic E-state index is -0.724. The first-order valence-corrected chi connectivity index (χ1v) is 8.51. The van der Waals surface area contributed by atoms with Crippen molar-refractivity contribution in [3.63, 3.8) is 0 Å². The molecule has 0 aliphatic carbocycles. The molecule has 0 unspecified atom stereocenters. The van der Waals surface area contributed by atoms with Crippen LogP contribution in [0.5, 0.6) is 0 Å². The predicted octanol–water partition coefficient (Wildman–Crippen LogP) is 3.18. The van der Waals surface area contributed by atoms with E-state index in [-0.39, 0.29) is 10.6 Å². The molecule has 2 amide bonds. The Hall–Kier alpha value is -2.31. The Bertz CT molecular complexity index is 764. The number of imide groups is 1. The summed E-state index contributed by atoms with van der Waals surface area (Å²) in [4.78, 5) is 36.4. The number of rotatable bonds is 5. The van der Waals surface area contributed by atoms with E-state index >= 15 is 0 Å². The normalized spacial score (nSPS) is 10.1. The lowest BCUT2D eigenvalue weighted by atomic mass is 10.2. The van der Waals surface area contributed by atoms with Crippen LogP contribution >= 0.6 is 23.4 Å². The van der Waals surface area contributed by atoms with Gasteiger partial charge < -0.3 is 4.74 Å². The molecule has 0 radical (unpaired) electrons. The molecule has 2 rings (SSSR count). The van der Waals surface area contributed by atoms with Gasteiger partial charge in [-0.05, 0) is 36.6 Å². The van der Waals surface area contributed by atoms with Gasteiger partial charge in [0.05, 0.1) is 10.6 Å². The number of amides is 2. The Balaban J connectivity index is 1.92. The molecule has 0 bridgehead atoms. The highest BCUT2D eigenvalue weighted by molar-refractivity contribution is 7.98. The number of halogens is 1. The van der Waals surface area contributed by atoms with Gasteiger partial charge in [0.1, 0.15) is 0 Å². The van der Waals surface area contributed by atoms with E-state index in [0.29, 0.717) is 5.56 Å². The first-order valence-electron chi connectivity index (χ1n) is 6.91. The summed E-state index contributed by atoms with van der Waals surface area (Å²) in [5.74, 6) is -1.99. The van der Waals surface area contributed by atoms with E-state index in [9.17, 15) is 14.4 Å². The molecule has 124 valence electrons. The van der Waals surface area contributed by atoms with Crippen LogP contribution in [0, 0.1) is 0 Å². The van der Waals surface area contributed by atoms with Crippen molar-refractivity contribution in [2.45, 2.75) is 4.90 Å². The summed E-state index contributed by atoms with van der Waals surface area (Å²) >= 11 is 7.41. The number of hydrogen-bond acceptors (Lipinski definition) is 5. The molecule has 24 heavy (non-hydrogen) atoms. The summed E-state index contributed by atoms with van der Waals surface area (Å²) in [6.45, 7) is -0.572. The third kappa shape index (κ3) is 4.84. The number of benzene rings is 2. The summed E-state index contributed by atoms with van der Waals surface area (Å²) in [5.41, 5.74) is 0.513. The lowest BCUT2D eigenvalue weighted by Gasteiger charge is -2.08. The first-order chi connectivity index (χ1) is 11.5. The molecule has 0 heterocycles. The highest BCUT2D eigenvalue weighted by Crippen LogP contribution is 2.23. The number of thioether (sulfide) groups is 1. The number of nitrogens with one attached hydrogen (secondary N) is 1. The minimum Gasteiger partial charge on any atom is -0.452 e. The van der Waals surface area contributed by atoms with E-state index in [2.05, 4.69) is 5.32 Å². The monoisotopic (exact) mass is 363 g/mol. The molecule has 0 spiro atoms. The molecular weight excluding hydrogens is 350 g/mol. The van der Waals surface area contributed by atoms with Gasteiger partial charge >= 0.3 is 5.97 Å². The van der Waals surface area contributed by atoms with Crippen molar-refractivity contribution in [3.05, 3.63) is 64.7 Å². The van der Waals surface area contributed by atoms with Crippen LogP contribution < -0.4 is 5.32 Å². The van der Waals surface area contributed by atoms with E-state index in [1.165, 1.54) is 11.8 Å². The summed E-state index contributed by atoms with van der Waals surface area (Å²) in [5, 5.41) is 2.38. The summed E-state index contributed by atoms with van der Waals surface area (Å²) < 4.78 is 4.91. The zero-order chi connectivity index (χ0) is 17.5. The van der Waals surface area contributed by atoms with E-state index in [1.807, 2.05) is 6.26 Å². The molecule has 0 saturated carbocycles. The molecular formula is C17H14ClNO4S. The van der Waals surface area contributed by atoms with Crippen LogP contribution in [-0.2, 0) is 9.53 Å². The average Bonchev–Trinajstić information content (AvgIpc) is 2.60. The van der Waals surface area contributed by atoms with Crippen molar-refractivity contribution in [2.24, 2.45) is 0 Å². The van der Waals surface area contributed by atoms with Gasteiger partial charge in [-0.25, -0.2) is 4.79 Å². The lowest BCUT2D eigenvalue weighted by Crippen LogP contribution is -2.34. The van der Waals surface area contributed by atoms with Crippen molar-refractivity contribution in [1.29, 1.82) is 0 Å². The number of esters is 1. The maximum absolute atomic E-state index is 12.0. The fourth-order valence-corrected chi connectivity index (χ4v) is 2.46. The van der Waals surface area contributed by atoms with Gasteiger partial charge in [-0.3, -0.25) is 14.9 Å². The lowest BCUT2D eigenvalue weighted by molar-refractivity contribution is -0.123. The van der Waals surface area contributed by atoms with Crippen molar-refractivity contribution in [3.8, 4) is 0 Å². The van der Waals surface area contributed by atoms with Crippen LogP contribution in [0.1, 0.15) is 20.7 Å². The predicted molar refractivity (Wildman–Crippen MR) is 92.4 cm³/mol. The van der Waals surface area contributed by atoms with Gasteiger partial charge in [-0.1, -0.05) is 29.8 Å².